The van der Waals surface area contributed by atoms with E-state index in [9.17, 15) is 19.8 Å². The van der Waals surface area contributed by atoms with Crippen molar-refractivity contribution >= 4 is 12.2 Å². The van der Waals surface area contributed by atoms with Gasteiger partial charge in [0.15, 0.2) is 0 Å². The van der Waals surface area contributed by atoms with Crippen molar-refractivity contribution in [2.75, 3.05) is 26.3 Å². The Labute approximate surface area is 192 Å². The molecule has 0 aromatic heterocycles. The van der Waals surface area contributed by atoms with Gasteiger partial charge in [-0.3, -0.25) is 0 Å². The molecule has 2 amide bonds. The first-order valence-electron chi connectivity index (χ1n) is 11.4. The lowest BCUT2D eigenvalue weighted by Gasteiger charge is -2.38. The predicted octanol–water partition coefficient (Wildman–Crippen LogP) is 1.41. The lowest BCUT2D eigenvalue weighted by Crippen LogP contribution is -2.52. The molecule has 0 aromatic rings. The highest BCUT2D eigenvalue weighted by molar-refractivity contribution is 5.69. The Balaban J connectivity index is 0.000000320. The number of hydrogen-bond acceptors (Lipinski definition) is 8. The summed E-state index contributed by atoms with van der Waals surface area (Å²) in [4.78, 5) is 26.8. The van der Waals surface area contributed by atoms with Gasteiger partial charge in [-0.1, -0.05) is 0 Å². The van der Waals surface area contributed by atoms with Crippen molar-refractivity contribution in [2.45, 2.75) is 103 Å². The number of ether oxygens (including phenoxy) is 2. The molecule has 2 fully saturated rings. The maximum atomic E-state index is 11.8. The second-order valence-corrected chi connectivity index (χ2v) is 10.6. The van der Waals surface area contributed by atoms with Gasteiger partial charge in [-0.25, -0.2) is 9.59 Å². The molecule has 6 N–H and O–H groups in total. The molecular weight excluding hydrogens is 416 g/mol. The van der Waals surface area contributed by atoms with Crippen LogP contribution in [0.1, 0.15) is 67.2 Å². The third-order valence-electron chi connectivity index (χ3n) is 5.19. The van der Waals surface area contributed by atoms with Crippen LogP contribution in [-0.2, 0) is 9.47 Å². The van der Waals surface area contributed by atoms with E-state index in [4.69, 9.17) is 20.9 Å². The van der Waals surface area contributed by atoms with Crippen LogP contribution in [0.15, 0.2) is 0 Å². The molecule has 0 radical (unpaired) electrons. The SMILES string of the molecule is CC(C)(C)OC(=O)N1CC[C@@H](N)C[C@H]1CO.CC(C)(C)OC(=O)N1CC[C@H](N)C[C@@H]1CO. The lowest BCUT2D eigenvalue weighted by atomic mass is 9.99. The van der Waals surface area contributed by atoms with Crippen molar-refractivity contribution in [2.24, 2.45) is 11.5 Å². The first-order chi connectivity index (χ1) is 14.7. The fourth-order valence-electron chi connectivity index (χ4n) is 3.63. The minimum absolute atomic E-state index is 0.0626. The molecule has 32 heavy (non-hydrogen) atoms. The molecule has 2 saturated heterocycles. The zero-order chi connectivity index (χ0) is 24.7. The number of likely N-dealkylation sites (tertiary alicyclic amines) is 2. The van der Waals surface area contributed by atoms with Crippen LogP contribution >= 0.6 is 0 Å². The molecule has 2 heterocycles. The molecule has 0 aliphatic carbocycles. The van der Waals surface area contributed by atoms with Crippen molar-refractivity contribution in [3.05, 3.63) is 0 Å². The van der Waals surface area contributed by atoms with Crippen LogP contribution in [0.5, 0.6) is 0 Å². The third kappa shape index (κ3) is 9.89. The Morgan fingerprint density at radius 2 is 1.09 bits per heavy atom. The van der Waals surface area contributed by atoms with E-state index < -0.39 is 11.2 Å². The topological polar surface area (TPSA) is 152 Å². The van der Waals surface area contributed by atoms with E-state index in [1.807, 2.05) is 41.5 Å². The largest absolute Gasteiger partial charge is 0.444 e. The van der Waals surface area contributed by atoms with E-state index in [0.717, 1.165) is 12.8 Å². The van der Waals surface area contributed by atoms with E-state index in [0.29, 0.717) is 25.9 Å². The standard InChI is InChI=1S/2C11H22N2O3/c2*1-11(2,3)16-10(15)13-5-4-8(12)6-9(13)7-14/h2*8-9,14H,4-7,12H2,1-3H3/t2*8-,9+/m10/s1. The summed E-state index contributed by atoms with van der Waals surface area (Å²) in [6.45, 7) is 12.0. The molecule has 10 heteroatoms. The fourth-order valence-corrected chi connectivity index (χ4v) is 3.63. The number of rotatable bonds is 2. The number of nitrogens with two attached hydrogens (primary N) is 2. The molecular formula is C22H44N4O6. The molecule has 10 nitrogen and oxygen atoms in total. The third-order valence-corrected chi connectivity index (χ3v) is 5.19. The summed E-state index contributed by atoms with van der Waals surface area (Å²) in [7, 11) is 0. The summed E-state index contributed by atoms with van der Waals surface area (Å²) in [5, 5.41) is 18.4. The van der Waals surface area contributed by atoms with Crippen molar-refractivity contribution < 1.29 is 29.3 Å². The smallest absolute Gasteiger partial charge is 0.410 e. The van der Waals surface area contributed by atoms with Crippen molar-refractivity contribution in [3.8, 4) is 0 Å². The van der Waals surface area contributed by atoms with Gasteiger partial charge >= 0.3 is 12.2 Å². The molecule has 4 atom stereocenters. The van der Waals surface area contributed by atoms with Crippen LogP contribution in [0.25, 0.3) is 0 Å². The van der Waals surface area contributed by atoms with E-state index in [1.54, 1.807) is 9.80 Å². The van der Waals surface area contributed by atoms with Crippen LogP contribution in [0.3, 0.4) is 0 Å². The first-order valence-corrected chi connectivity index (χ1v) is 11.4. The molecule has 0 unspecified atom stereocenters. The Hall–Kier alpha value is -1.62. The number of piperidine rings is 2. The highest BCUT2D eigenvalue weighted by atomic mass is 16.6. The maximum absolute atomic E-state index is 11.8. The van der Waals surface area contributed by atoms with Crippen LogP contribution in [0, 0.1) is 0 Å². The van der Waals surface area contributed by atoms with Gasteiger partial charge in [0, 0.05) is 25.2 Å². The fraction of sp³-hybridized carbons (Fsp3) is 0.909. The van der Waals surface area contributed by atoms with Gasteiger partial charge in [0.2, 0.25) is 0 Å². The number of hydrogen-bond donors (Lipinski definition) is 4. The van der Waals surface area contributed by atoms with Crippen LogP contribution in [0.2, 0.25) is 0 Å². The highest BCUT2D eigenvalue weighted by Gasteiger charge is 2.33. The average Bonchev–Trinajstić information content (AvgIpc) is 2.65. The van der Waals surface area contributed by atoms with Gasteiger partial charge in [0.05, 0.1) is 25.3 Å². The molecule has 2 aliphatic rings. The van der Waals surface area contributed by atoms with E-state index in [1.165, 1.54) is 0 Å². The minimum Gasteiger partial charge on any atom is -0.444 e. The van der Waals surface area contributed by atoms with Gasteiger partial charge < -0.3 is 41.0 Å². The molecule has 2 rings (SSSR count). The maximum Gasteiger partial charge on any atom is 0.410 e. The van der Waals surface area contributed by atoms with Gasteiger partial charge in [0.1, 0.15) is 11.2 Å². The Morgan fingerprint density at radius 3 is 1.34 bits per heavy atom. The average molecular weight is 461 g/mol. The van der Waals surface area contributed by atoms with Gasteiger partial charge in [-0.15, -0.1) is 0 Å². The zero-order valence-corrected chi connectivity index (χ0v) is 20.5. The summed E-state index contributed by atoms with van der Waals surface area (Å²) in [5.41, 5.74) is 10.6. The Kier molecular flexibility index (Phi) is 10.7. The van der Waals surface area contributed by atoms with Gasteiger partial charge in [-0.05, 0) is 67.2 Å². The summed E-state index contributed by atoms with van der Waals surface area (Å²) in [6, 6.07) is -0.288. The van der Waals surface area contributed by atoms with Crippen molar-refractivity contribution in [3.63, 3.8) is 0 Å². The number of aliphatic hydroxyl groups excluding tert-OH is 2. The van der Waals surface area contributed by atoms with E-state index in [2.05, 4.69) is 0 Å². The second-order valence-electron chi connectivity index (χ2n) is 10.6. The van der Waals surface area contributed by atoms with Crippen LogP contribution < -0.4 is 11.5 Å². The molecule has 0 bridgehead atoms. The summed E-state index contributed by atoms with van der Waals surface area (Å²) in [5.74, 6) is 0. The van der Waals surface area contributed by atoms with E-state index >= 15 is 0 Å². The normalized spacial score (nSPS) is 26.7. The number of aliphatic hydroxyl groups is 2. The number of carbonyl (C=O) groups is 2. The van der Waals surface area contributed by atoms with Gasteiger partial charge in [-0.2, -0.15) is 0 Å². The summed E-state index contributed by atoms with van der Waals surface area (Å²) < 4.78 is 10.6. The number of carbonyl (C=O) groups excluding carboxylic acids is 2. The highest BCUT2D eigenvalue weighted by Crippen LogP contribution is 2.20. The lowest BCUT2D eigenvalue weighted by molar-refractivity contribution is -0.000874. The summed E-state index contributed by atoms with van der Waals surface area (Å²) in [6.07, 6.45) is 2.06. The Bertz CT molecular complexity index is 552. The monoisotopic (exact) mass is 460 g/mol. The van der Waals surface area contributed by atoms with E-state index in [-0.39, 0.29) is 49.6 Å². The summed E-state index contributed by atoms with van der Waals surface area (Å²) >= 11 is 0. The Morgan fingerprint density at radius 1 is 0.781 bits per heavy atom. The molecule has 0 aromatic carbocycles. The molecule has 2 aliphatic heterocycles. The zero-order valence-electron chi connectivity index (χ0n) is 20.5. The van der Waals surface area contributed by atoms with Crippen molar-refractivity contribution in [1.29, 1.82) is 0 Å². The first kappa shape index (κ1) is 28.4. The molecule has 188 valence electrons. The minimum atomic E-state index is -0.503. The quantitative estimate of drug-likeness (QED) is 0.483. The predicted molar refractivity (Wildman–Crippen MR) is 122 cm³/mol. The van der Waals surface area contributed by atoms with Crippen LogP contribution in [0.4, 0.5) is 9.59 Å². The molecule has 0 spiro atoms. The second kappa shape index (κ2) is 12.0. The number of nitrogens with zero attached hydrogens (tertiary/aromatic N) is 2. The van der Waals surface area contributed by atoms with Gasteiger partial charge in [0.25, 0.3) is 0 Å². The molecule has 0 saturated carbocycles. The number of amides is 2. The van der Waals surface area contributed by atoms with Crippen molar-refractivity contribution in [1.82, 2.24) is 9.80 Å². The van der Waals surface area contributed by atoms with Crippen LogP contribution in [-0.4, -0.2) is 93.9 Å².